The van der Waals surface area contributed by atoms with Crippen molar-refractivity contribution in [3.63, 3.8) is 0 Å². The number of nitrogens with one attached hydrogen (secondary N) is 1. The molecule has 1 aliphatic carbocycles. The molecule has 6 nitrogen and oxygen atoms in total. The topological polar surface area (TPSA) is 83.6 Å². The minimum atomic E-state index is -1.24. The van der Waals surface area contributed by atoms with Gasteiger partial charge in [-0.25, -0.2) is 14.1 Å². The Bertz CT molecular complexity index is 983. The first-order valence-electron chi connectivity index (χ1n) is 9.53. The molecule has 1 saturated carbocycles. The zero-order valence-electron chi connectivity index (χ0n) is 15.5. The number of nitrogens with zero attached hydrogens (tertiary/aromatic N) is 1. The fourth-order valence-electron chi connectivity index (χ4n) is 3.99. The van der Waals surface area contributed by atoms with Gasteiger partial charge in [0.15, 0.2) is 5.78 Å². The maximum absolute atomic E-state index is 13.9. The normalized spacial score (nSPS) is 19.1. The highest BCUT2D eigenvalue weighted by atomic mass is 32.1. The highest BCUT2D eigenvalue weighted by Gasteiger charge is 2.46. The number of urea groups is 1. The fraction of sp³-hybridized carbons (Fsp3) is 0.333. The summed E-state index contributed by atoms with van der Waals surface area (Å²) < 4.78 is 13.9. The number of thiophene rings is 1. The third-order valence-corrected chi connectivity index (χ3v) is 6.33. The van der Waals surface area contributed by atoms with E-state index in [0.717, 1.165) is 36.3 Å². The van der Waals surface area contributed by atoms with Gasteiger partial charge in [-0.15, -0.1) is 11.3 Å². The first-order valence-corrected chi connectivity index (χ1v) is 10.4. The van der Waals surface area contributed by atoms with E-state index in [1.807, 2.05) is 0 Å². The summed E-state index contributed by atoms with van der Waals surface area (Å²) >= 11 is 1.19. The molecule has 2 aromatic rings. The first kappa shape index (κ1) is 19.4. The van der Waals surface area contributed by atoms with Crippen molar-refractivity contribution in [3.8, 4) is 0 Å². The van der Waals surface area contributed by atoms with Crippen LogP contribution in [0.5, 0.6) is 0 Å². The lowest BCUT2D eigenvalue weighted by Crippen LogP contribution is -2.47. The van der Waals surface area contributed by atoms with E-state index in [-0.39, 0.29) is 17.2 Å². The molecule has 0 bridgehead atoms. The predicted molar refractivity (Wildman–Crippen MR) is 105 cm³/mol. The number of rotatable bonds is 3. The molecule has 1 N–H and O–H groups in total. The number of carbonyl (C=O) groups excluding carboxylic acids is 4. The second kappa shape index (κ2) is 7.87. The van der Waals surface area contributed by atoms with Crippen LogP contribution in [0.4, 0.5) is 14.9 Å². The lowest BCUT2D eigenvalue weighted by Gasteiger charge is -2.22. The maximum atomic E-state index is 13.9. The van der Waals surface area contributed by atoms with Gasteiger partial charge in [0.25, 0.3) is 5.91 Å². The van der Waals surface area contributed by atoms with Gasteiger partial charge >= 0.3 is 6.03 Å². The quantitative estimate of drug-likeness (QED) is 0.607. The Hall–Kier alpha value is -2.87. The van der Waals surface area contributed by atoms with Crippen LogP contribution in [-0.4, -0.2) is 23.6 Å². The van der Waals surface area contributed by atoms with E-state index in [1.54, 1.807) is 17.5 Å². The number of amides is 4. The van der Waals surface area contributed by atoms with Crippen molar-refractivity contribution in [1.82, 2.24) is 5.32 Å². The SMILES string of the molecule is O=C(NC(=O)N1C(=O)C(C(=O)c2cccs2)c2ccc(F)cc21)C1CCCCC1. The summed E-state index contributed by atoms with van der Waals surface area (Å²) in [6, 6.07) is 5.87. The summed E-state index contributed by atoms with van der Waals surface area (Å²) in [5.41, 5.74) is 0.258. The smallest absolute Gasteiger partial charge is 0.292 e. The summed E-state index contributed by atoms with van der Waals surface area (Å²) in [6.45, 7) is 0. The Balaban J connectivity index is 1.62. The van der Waals surface area contributed by atoms with Crippen molar-refractivity contribution in [2.45, 2.75) is 38.0 Å². The molecular formula is C21H19FN2O4S. The monoisotopic (exact) mass is 414 g/mol. The summed E-state index contributed by atoms with van der Waals surface area (Å²) in [7, 11) is 0. The largest absolute Gasteiger partial charge is 0.335 e. The average Bonchev–Trinajstić information content (AvgIpc) is 3.34. The van der Waals surface area contributed by atoms with Crippen molar-refractivity contribution in [1.29, 1.82) is 0 Å². The van der Waals surface area contributed by atoms with Crippen molar-refractivity contribution in [2.75, 3.05) is 4.90 Å². The summed E-state index contributed by atoms with van der Waals surface area (Å²) in [5, 5.41) is 3.99. The standard InChI is InChI=1S/C21H19FN2O4S/c22-13-8-9-14-15(11-13)24(20(27)17(14)18(25)16-7-4-10-29-16)21(28)23-19(26)12-5-2-1-3-6-12/h4,7-12,17H,1-3,5-6H2,(H,23,26,28). The van der Waals surface area contributed by atoms with Crippen LogP contribution in [0.1, 0.15) is 53.3 Å². The Labute approximate surface area is 170 Å². The maximum Gasteiger partial charge on any atom is 0.335 e. The first-order chi connectivity index (χ1) is 14.0. The van der Waals surface area contributed by atoms with E-state index < -0.39 is 35.4 Å². The molecule has 4 rings (SSSR count). The number of anilines is 1. The zero-order valence-corrected chi connectivity index (χ0v) is 16.3. The van der Waals surface area contributed by atoms with E-state index in [1.165, 1.54) is 17.4 Å². The Morgan fingerprint density at radius 1 is 1.10 bits per heavy atom. The van der Waals surface area contributed by atoms with Gasteiger partial charge in [-0.3, -0.25) is 19.7 Å². The number of ketones is 1. The van der Waals surface area contributed by atoms with Crippen LogP contribution < -0.4 is 10.2 Å². The molecule has 150 valence electrons. The molecule has 2 aliphatic rings. The second-order valence-corrected chi connectivity index (χ2v) is 8.23. The number of carbonyl (C=O) groups is 4. The van der Waals surface area contributed by atoms with E-state index >= 15 is 0 Å². The molecule has 29 heavy (non-hydrogen) atoms. The second-order valence-electron chi connectivity index (χ2n) is 7.28. The molecular weight excluding hydrogens is 395 g/mol. The van der Waals surface area contributed by atoms with Gasteiger partial charge < -0.3 is 0 Å². The zero-order chi connectivity index (χ0) is 20.5. The Morgan fingerprint density at radius 3 is 2.55 bits per heavy atom. The summed E-state index contributed by atoms with van der Waals surface area (Å²) in [6.07, 6.45) is 4.28. The van der Waals surface area contributed by atoms with Gasteiger partial charge in [-0.1, -0.05) is 31.4 Å². The highest BCUT2D eigenvalue weighted by molar-refractivity contribution is 7.12. The van der Waals surface area contributed by atoms with Crippen LogP contribution in [-0.2, 0) is 9.59 Å². The van der Waals surface area contributed by atoms with Crippen molar-refractivity contribution in [2.24, 2.45) is 5.92 Å². The number of Topliss-reactive ketones (excluding diaryl/α,β-unsaturated/α-hetero) is 1. The van der Waals surface area contributed by atoms with Crippen molar-refractivity contribution < 1.29 is 23.6 Å². The number of imide groups is 2. The van der Waals surface area contributed by atoms with E-state index in [0.29, 0.717) is 17.7 Å². The van der Waals surface area contributed by atoms with Crippen LogP contribution in [0.15, 0.2) is 35.7 Å². The van der Waals surface area contributed by atoms with Crippen LogP contribution in [0, 0.1) is 11.7 Å². The minimum Gasteiger partial charge on any atom is -0.292 e. The van der Waals surface area contributed by atoms with Gasteiger partial charge in [0, 0.05) is 5.92 Å². The van der Waals surface area contributed by atoms with Gasteiger partial charge in [0.05, 0.1) is 10.6 Å². The third kappa shape index (κ3) is 3.60. The number of hydrogen-bond acceptors (Lipinski definition) is 5. The van der Waals surface area contributed by atoms with Gasteiger partial charge in [-0.05, 0) is 42.0 Å². The van der Waals surface area contributed by atoms with E-state index in [2.05, 4.69) is 5.32 Å². The fourth-order valence-corrected chi connectivity index (χ4v) is 4.68. The predicted octanol–water partition coefficient (Wildman–Crippen LogP) is 4.02. The molecule has 1 aromatic carbocycles. The van der Waals surface area contributed by atoms with Gasteiger partial charge in [0.1, 0.15) is 11.7 Å². The van der Waals surface area contributed by atoms with Crippen LogP contribution >= 0.6 is 11.3 Å². The number of hydrogen-bond donors (Lipinski definition) is 1. The summed E-state index contributed by atoms with van der Waals surface area (Å²) in [5.74, 6) is -3.82. The van der Waals surface area contributed by atoms with Gasteiger partial charge in [0.2, 0.25) is 5.91 Å². The van der Waals surface area contributed by atoms with Crippen LogP contribution in [0.25, 0.3) is 0 Å². The molecule has 1 unspecified atom stereocenters. The molecule has 8 heteroatoms. The number of fused-ring (bicyclic) bond motifs is 1. The molecule has 4 amide bonds. The number of halogens is 1. The van der Waals surface area contributed by atoms with Crippen molar-refractivity contribution >= 4 is 40.7 Å². The van der Waals surface area contributed by atoms with E-state index in [9.17, 15) is 23.6 Å². The van der Waals surface area contributed by atoms with E-state index in [4.69, 9.17) is 0 Å². The molecule has 0 radical (unpaired) electrons. The lowest BCUT2D eigenvalue weighted by atomic mass is 9.89. The molecule has 1 atom stereocenters. The minimum absolute atomic E-state index is 0.00106. The molecule has 2 heterocycles. The highest BCUT2D eigenvalue weighted by Crippen LogP contribution is 2.40. The van der Waals surface area contributed by atoms with Gasteiger partial charge in [-0.2, -0.15) is 0 Å². The Morgan fingerprint density at radius 2 is 1.86 bits per heavy atom. The molecule has 1 aliphatic heterocycles. The molecule has 0 spiro atoms. The average molecular weight is 414 g/mol. The lowest BCUT2D eigenvalue weighted by molar-refractivity contribution is -0.124. The molecule has 0 saturated heterocycles. The third-order valence-electron chi connectivity index (χ3n) is 5.45. The molecule has 1 aromatic heterocycles. The van der Waals surface area contributed by atoms with Crippen molar-refractivity contribution in [3.05, 3.63) is 52.0 Å². The van der Waals surface area contributed by atoms with Crippen LogP contribution in [0.2, 0.25) is 0 Å². The molecule has 1 fully saturated rings. The number of benzene rings is 1. The Kier molecular flexibility index (Phi) is 5.27. The van der Waals surface area contributed by atoms with Crippen LogP contribution in [0.3, 0.4) is 0 Å². The summed E-state index contributed by atoms with van der Waals surface area (Å²) in [4.78, 5) is 52.2.